The molecule has 0 radical (unpaired) electrons. The Labute approximate surface area is 234 Å². The van der Waals surface area contributed by atoms with Crippen LogP contribution in [0.1, 0.15) is 45.2 Å². The topological polar surface area (TPSA) is 154 Å². The number of ether oxygens (including phenoxy) is 1. The second-order valence-electron chi connectivity index (χ2n) is 9.81. The van der Waals surface area contributed by atoms with Crippen molar-refractivity contribution in [3.05, 3.63) is 56.0 Å². The smallest absolute Gasteiger partial charge is 0.333 e. The van der Waals surface area contributed by atoms with Gasteiger partial charge in [-0.25, -0.2) is 13.8 Å². The average Bonchev–Trinajstić information content (AvgIpc) is 3.21. The number of thiophene rings is 1. The van der Waals surface area contributed by atoms with E-state index in [4.69, 9.17) is 15.4 Å². The normalized spacial score (nSPS) is 11.7. The molecule has 0 unspecified atom stereocenters. The molecule has 0 aliphatic heterocycles. The summed E-state index contributed by atoms with van der Waals surface area (Å²) < 4.78 is 22.2. The molecule has 11 nitrogen and oxygen atoms in total. The standard InChI is InChI=1S/C27H32FN7O4S/c1-16(2)32-25(37)27(4,5)35-23(36)21-17(3)22(33-31-12-11-30)40-24(21)34(26(35)38)13-9-18-15-19(28)7-8-20(18)39-14-6-10-29/h7-8,11-12,15-16,30,33H,6,9,13-14H2,1-5H3,(H,32,37)/b30-11?,31-12-. The van der Waals surface area contributed by atoms with Crippen molar-refractivity contribution < 1.29 is 13.9 Å². The second kappa shape index (κ2) is 12.7. The van der Waals surface area contributed by atoms with E-state index in [1.807, 2.05) is 6.07 Å². The van der Waals surface area contributed by atoms with Crippen LogP contribution < -0.4 is 26.7 Å². The lowest BCUT2D eigenvalue weighted by molar-refractivity contribution is -0.129. The molecule has 40 heavy (non-hydrogen) atoms. The molecule has 0 saturated carbocycles. The first-order valence-electron chi connectivity index (χ1n) is 12.6. The van der Waals surface area contributed by atoms with Crippen molar-refractivity contribution in [2.45, 2.75) is 65.6 Å². The number of fused-ring (bicyclic) bond motifs is 1. The number of anilines is 1. The fourth-order valence-corrected chi connectivity index (χ4v) is 5.31. The van der Waals surface area contributed by atoms with Gasteiger partial charge in [-0.05, 0) is 64.8 Å². The van der Waals surface area contributed by atoms with Gasteiger partial charge in [0.1, 0.15) is 33.5 Å². The molecule has 212 valence electrons. The Balaban J connectivity index is 2.21. The number of aryl methyl sites for hydroxylation is 3. The van der Waals surface area contributed by atoms with E-state index >= 15 is 0 Å². The van der Waals surface area contributed by atoms with E-state index in [0.29, 0.717) is 26.7 Å². The largest absolute Gasteiger partial charge is 0.492 e. The van der Waals surface area contributed by atoms with Gasteiger partial charge in [-0.3, -0.25) is 19.6 Å². The van der Waals surface area contributed by atoms with Crippen molar-refractivity contribution in [1.82, 2.24) is 14.5 Å². The van der Waals surface area contributed by atoms with Gasteiger partial charge in [-0.1, -0.05) is 11.3 Å². The quantitative estimate of drug-likeness (QED) is 0.172. The molecular weight excluding hydrogens is 537 g/mol. The summed E-state index contributed by atoms with van der Waals surface area (Å²) in [4.78, 5) is 41.2. The minimum absolute atomic E-state index is 0.0404. The van der Waals surface area contributed by atoms with Crippen molar-refractivity contribution in [2.24, 2.45) is 5.10 Å². The van der Waals surface area contributed by atoms with E-state index in [0.717, 1.165) is 22.1 Å². The minimum Gasteiger partial charge on any atom is -0.492 e. The third-order valence-electron chi connectivity index (χ3n) is 6.16. The molecule has 0 bridgehead atoms. The van der Waals surface area contributed by atoms with Crippen LogP contribution in [0.15, 0.2) is 32.9 Å². The molecule has 0 aliphatic rings. The number of hydrogen-bond donors (Lipinski definition) is 3. The molecule has 13 heteroatoms. The summed E-state index contributed by atoms with van der Waals surface area (Å²) in [6.45, 7) is 8.44. The highest BCUT2D eigenvalue weighted by Gasteiger charge is 2.35. The molecule has 3 N–H and O–H groups in total. The molecule has 0 spiro atoms. The number of nitrogens with zero attached hydrogens (tertiary/aromatic N) is 4. The number of carbonyl (C=O) groups excluding carboxylic acids is 1. The number of hydrazone groups is 1. The SMILES string of the molecule is Cc1c(N/N=C\C=N)sc2c1c(=O)n(C(C)(C)C(=O)NC(C)C)c(=O)n2CCc1cc(F)ccc1OCCC#N. The number of hydrogen-bond acceptors (Lipinski definition) is 9. The Morgan fingerprint density at radius 3 is 2.73 bits per heavy atom. The summed E-state index contributed by atoms with van der Waals surface area (Å²) in [5.41, 5.74) is 0.968. The van der Waals surface area contributed by atoms with E-state index in [1.165, 1.54) is 42.8 Å². The summed E-state index contributed by atoms with van der Waals surface area (Å²) in [5.74, 6) is -0.594. The number of nitrogens with one attached hydrogen (secondary N) is 3. The van der Waals surface area contributed by atoms with Gasteiger partial charge in [0, 0.05) is 24.4 Å². The molecule has 0 fully saturated rings. The van der Waals surface area contributed by atoms with Crippen LogP contribution in [0, 0.1) is 29.5 Å². The van der Waals surface area contributed by atoms with Gasteiger partial charge in [0.15, 0.2) is 0 Å². The van der Waals surface area contributed by atoms with Gasteiger partial charge in [-0.2, -0.15) is 10.4 Å². The van der Waals surface area contributed by atoms with Crippen LogP contribution in [0.4, 0.5) is 9.39 Å². The highest BCUT2D eigenvalue weighted by Crippen LogP contribution is 2.33. The lowest BCUT2D eigenvalue weighted by atomic mass is 10.0. The molecular formula is C27H32FN7O4S. The first-order valence-corrected chi connectivity index (χ1v) is 13.4. The van der Waals surface area contributed by atoms with Crippen LogP contribution in [0.2, 0.25) is 0 Å². The van der Waals surface area contributed by atoms with E-state index in [-0.39, 0.29) is 37.4 Å². The number of nitriles is 1. The molecule has 0 saturated heterocycles. The van der Waals surface area contributed by atoms with Crippen LogP contribution >= 0.6 is 11.3 Å². The van der Waals surface area contributed by atoms with E-state index in [1.54, 1.807) is 20.8 Å². The van der Waals surface area contributed by atoms with Gasteiger partial charge in [0.25, 0.3) is 5.56 Å². The Bertz CT molecular complexity index is 1610. The van der Waals surface area contributed by atoms with Crippen molar-refractivity contribution >= 4 is 44.9 Å². The Kier molecular flexibility index (Phi) is 9.60. The molecule has 0 atom stereocenters. The molecule has 1 amide bonds. The number of carbonyl (C=O) groups is 1. The van der Waals surface area contributed by atoms with Gasteiger partial charge < -0.3 is 15.5 Å². The minimum atomic E-state index is -1.53. The van der Waals surface area contributed by atoms with Crippen molar-refractivity contribution in [3.8, 4) is 11.8 Å². The predicted molar refractivity (Wildman–Crippen MR) is 154 cm³/mol. The molecule has 0 aliphatic carbocycles. The van der Waals surface area contributed by atoms with Gasteiger partial charge in [-0.15, -0.1) is 0 Å². The van der Waals surface area contributed by atoms with Crippen molar-refractivity contribution in [3.63, 3.8) is 0 Å². The first kappa shape index (κ1) is 30.2. The van der Waals surface area contributed by atoms with Crippen LogP contribution in [0.3, 0.4) is 0 Å². The lowest BCUT2D eigenvalue weighted by Crippen LogP contribution is -2.56. The Morgan fingerprint density at radius 1 is 1.35 bits per heavy atom. The fourth-order valence-electron chi connectivity index (χ4n) is 4.14. The molecule has 1 aromatic carbocycles. The molecule has 2 aromatic heterocycles. The van der Waals surface area contributed by atoms with Crippen LogP contribution in [-0.2, 0) is 23.3 Å². The maximum atomic E-state index is 14.2. The highest BCUT2D eigenvalue weighted by atomic mass is 32.1. The zero-order valence-corrected chi connectivity index (χ0v) is 23.8. The van der Waals surface area contributed by atoms with Crippen molar-refractivity contribution in [1.29, 1.82) is 10.7 Å². The number of rotatable bonds is 12. The van der Waals surface area contributed by atoms with Gasteiger partial charge in [0.2, 0.25) is 5.91 Å². The monoisotopic (exact) mass is 569 g/mol. The fraction of sp³-hybridized carbons (Fsp3) is 0.407. The third-order valence-corrected chi connectivity index (χ3v) is 7.38. The molecule has 2 heterocycles. The zero-order chi connectivity index (χ0) is 29.6. The van der Waals surface area contributed by atoms with Crippen LogP contribution in [0.25, 0.3) is 10.2 Å². The molecule has 3 aromatic rings. The molecule has 3 rings (SSSR count). The summed E-state index contributed by atoms with van der Waals surface area (Å²) in [6.07, 6.45) is 2.53. The zero-order valence-electron chi connectivity index (χ0n) is 23.0. The third kappa shape index (κ3) is 6.28. The first-order chi connectivity index (χ1) is 18.9. The van der Waals surface area contributed by atoms with Gasteiger partial charge in [0.05, 0.1) is 24.1 Å². The number of halogens is 1. The summed E-state index contributed by atoms with van der Waals surface area (Å²) in [7, 11) is 0. The maximum Gasteiger partial charge on any atom is 0.333 e. The van der Waals surface area contributed by atoms with E-state index < -0.39 is 28.5 Å². The number of benzene rings is 1. The summed E-state index contributed by atoms with van der Waals surface area (Å²) in [5, 5.41) is 23.4. The number of aromatic nitrogens is 2. The second-order valence-corrected chi connectivity index (χ2v) is 10.8. The van der Waals surface area contributed by atoms with E-state index in [2.05, 4.69) is 15.8 Å². The van der Waals surface area contributed by atoms with Gasteiger partial charge >= 0.3 is 5.69 Å². The Morgan fingerprint density at radius 2 is 2.08 bits per heavy atom. The maximum absolute atomic E-state index is 14.2. The van der Waals surface area contributed by atoms with E-state index in [9.17, 15) is 18.8 Å². The predicted octanol–water partition coefficient (Wildman–Crippen LogP) is 3.51. The van der Waals surface area contributed by atoms with Crippen molar-refractivity contribution in [2.75, 3.05) is 12.0 Å². The number of amides is 1. The van der Waals surface area contributed by atoms with Crippen LogP contribution in [-0.4, -0.2) is 40.1 Å². The lowest BCUT2D eigenvalue weighted by Gasteiger charge is -2.27. The average molecular weight is 570 g/mol. The van der Waals surface area contributed by atoms with Crippen LogP contribution in [0.5, 0.6) is 5.75 Å². The highest BCUT2D eigenvalue weighted by molar-refractivity contribution is 7.22. The summed E-state index contributed by atoms with van der Waals surface area (Å²) >= 11 is 1.13. The summed E-state index contributed by atoms with van der Waals surface area (Å²) in [6, 6.07) is 5.80. The Hall–Kier alpha value is -4.31.